The van der Waals surface area contributed by atoms with Crippen LogP contribution in [0.5, 0.6) is 0 Å². The predicted molar refractivity (Wildman–Crippen MR) is 111 cm³/mol. The van der Waals surface area contributed by atoms with E-state index in [1.165, 1.54) is 10.9 Å². The topological polar surface area (TPSA) is 65.4 Å². The second-order valence-electron chi connectivity index (χ2n) is 6.75. The number of ether oxygens (including phenoxy) is 1. The van der Waals surface area contributed by atoms with E-state index in [1.54, 1.807) is 42.6 Å². The van der Waals surface area contributed by atoms with Crippen molar-refractivity contribution in [2.24, 2.45) is 0 Å². The highest BCUT2D eigenvalue weighted by atomic mass is 32.2. The van der Waals surface area contributed by atoms with E-state index >= 15 is 0 Å². The first-order valence-electron chi connectivity index (χ1n) is 8.97. The van der Waals surface area contributed by atoms with Gasteiger partial charge in [-0.05, 0) is 48.7 Å². The highest BCUT2D eigenvalue weighted by Gasteiger charge is 2.22. The van der Waals surface area contributed by atoms with E-state index in [-0.39, 0.29) is 17.5 Å². The lowest BCUT2D eigenvalue weighted by Gasteiger charge is -2.12. The molecule has 3 aromatic rings. The SMILES string of the molecule is C=Cc1ccc2c(c(C)cn2S(=O)(=O)c2ccc(C)cc2)c1CCOC(C)=O. The summed E-state index contributed by atoms with van der Waals surface area (Å²) in [5, 5.41) is 0.847. The van der Waals surface area contributed by atoms with Gasteiger partial charge >= 0.3 is 5.97 Å². The molecular formula is C22H23NO4S. The monoisotopic (exact) mass is 397 g/mol. The largest absolute Gasteiger partial charge is 0.466 e. The number of carbonyl (C=O) groups excluding carboxylic acids is 1. The van der Waals surface area contributed by atoms with E-state index in [9.17, 15) is 13.2 Å². The summed E-state index contributed by atoms with van der Waals surface area (Å²) in [6.45, 7) is 9.24. The molecule has 0 saturated heterocycles. The first kappa shape index (κ1) is 19.9. The molecule has 0 aliphatic rings. The summed E-state index contributed by atoms with van der Waals surface area (Å²) < 4.78 is 32.8. The molecule has 0 amide bonds. The number of benzene rings is 2. The van der Waals surface area contributed by atoms with E-state index in [1.807, 2.05) is 19.9 Å². The van der Waals surface area contributed by atoms with E-state index in [0.717, 1.165) is 27.6 Å². The third-order valence-corrected chi connectivity index (χ3v) is 6.41. The molecule has 28 heavy (non-hydrogen) atoms. The molecule has 0 radical (unpaired) electrons. The van der Waals surface area contributed by atoms with E-state index < -0.39 is 10.0 Å². The molecule has 5 nitrogen and oxygen atoms in total. The molecule has 146 valence electrons. The van der Waals surface area contributed by atoms with Gasteiger partial charge < -0.3 is 4.74 Å². The van der Waals surface area contributed by atoms with Crippen LogP contribution < -0.4 is 0 Å². The zero-order valence-electron chi connectivity index (χ0n) is 16.2. The number of nitrogens with zero attached hydrogens (tertiary/aromatic N) is 1. The Hall–Kier alpha value is -2.86. The number of hydrogen-bond donors (Lipinski definition) is 0. The fraction of sp³-hybridized carbons (Fsp3) is 0.227. The Balaban J connectivity index is 2.17. The van der Waals surface area contributed by atoms with Crippen molar-refractivity contribution in [1.29, 1.82) is 0 Å². The molecule has 0 atom stereocenters. The third-order valence-electron chi connectivity index (χ3n) is 4.72. The number of rotatable bonds is 6. The normalized spacial score (nSPS) is 11.5. The minimum absolute atomic E-state index is 0.227. The first-order chi connectivity index (χ1) is 13.3. The van der Waals surface area contributed by atoms with Crippen molar-refractivity contribution in [3.8, 4) is 0 Å². The number of esters is 1. The van der Waals surface area contributed by atoms with Gasteiger partial charge in [-0.1, -0.05) is 36.4 Å². The number of carbonyl (C=O) groups is 1. The molecule has 0 spiro atoms. The molecule has 0 N–H and O–H groups in total. The number of hydrogen-bond acceptors (Lipinski definition) is 4. The standard InChI is InChI=1S/C22H23NO4S/c1-5-18-8-11-21-22(20(18)12-13-27-17(4)24)16(3)14-23(21)28(25,26)19-9-6-15(2)7-10-19/h5-11,14H,1,12-13H2,2-4H3. The fourth-order valence-corrected chi connectivity index (χ4v) is 4.78. The number of aryl methyl sites for hydroxylation is 2. The van der Waals surface area contributed by atoms with Gasteiger partial charge in [0.05, 0.1) is 17.0 Å². The molecule has 3 rings (SSSR count). The van der Waals surface area contributed by atoms with Gasteiger partial charge in [0.25, 0.3) is 10.0 Å². The van der Waals surface area contributed by atoms with Gasteiger partial charge in [0.1, 0.15) is 0 Å². The number of fused-ring (bicyclic) bond motifs is 1. The van der Waals surface area contributed by atoms with Gasteiger partial charge in [0.2, 0.25) is 0 Å². The maximum atomic E-state index is 13.2. The lowest BCUT2D eigenvalue weighted by Crippen LogP contribution is -2.12. The summed E-state index contributed by atoms with van der Waals surface area (Å²) in [5.41, 5.74) is 4.25. The molecule has 0 aliphatic carbocycles. The van der Waals surface area contributed by atoms with Crippen molar-refractivity contribution in [3.63, 3.8) is 0 Å². The fourth-order valence-electron chi connectivity index (χ4n) is 3.37. The molecule has 0 unspecified atom stereocenters. The highest BCUT2D eigenvalue weighted by molar-refractivity contribution is 7.90. The molecule has 6 heteroatoms. The summed E-state index contributed by atoms with van der Waals surface area (Å²) in [7, 11) is -3.73. The lowest BCUT2D eigenvalue weighted by molar-refractivity contribution is -0.140. The summed E-state index contributed by atoms with van der Waals surface area (Å²) in [6, 6.07) is 10.4. The van der Waals surface area contributed by atoms with Gasteiger partial charge in [-0.3, -0.25) is 4.79 Å². The quantitative estimate of drug-likeness (QED) is 0.584. The Bertz CT molecular complexity index is 1160. The Morgan fingerprint density at radius 2 is 1.82 bits per heavy atom. The van der Waals surface area contributed by atoms with Gasteiger partial charge in [-0.25, -0.2) is 12.4 Å². The van der Waals surface area contributed by atoms with Crippen LogP contribution in [0.25, 0.3) is 17.0 Å². The van der Waals surface area contributed by atoms with Gasteiger partial charge in [-0.2, -0.15) is 0 Å². The van der Waals surface area contributed by atoms with Crippen molar-refractivity contribution in [3.05, 3.63) is 71.4 Å². The summed E-state index contributed by atoms with van der Waals surface area (Å²) in [4.78, 5) is 11.3. The Morgan fingerprint density at radius 3 is 2.43 bits per heavy atom. The lowest BCUT2D eigenvalue weighted by atomic mass is 9.98. The third kappa shape index (κ3) is 3.60. The zero-order valence-corrected chi connectivity index (χ0v) is 17.0. The van der Waals surface area contributed by atoms with Crippen LogP contribution in [0, 0.1) is 13.8 Å². The minimum atomic E-state index is -3.73. The van der Waals surface area contributed by atoms with Crippen LogP contribution >= 0.6 is 0 Å². The van der Waals surface area contributed by atoms with Crippen LogP contribution in [0.4, 0.5) is 0 Å². The smallest absolute Gasteiger partial charge is 0.302 e. The van der Waals surface area contributed by atoms with Crippen LogP contribution in [-0.2, 0) is 26.0 Å². The van der Waals surface area contributed by atoms with Crippen molar-refractivity contribution in [1.82, 2.24) is 3.97 Å². The molecule has 2 aromatic carbocycles. The molecule has 0 aliphatic heterocycles. The van der Waals surface area contributed by atoms with Crippen LogP contribution in [-0.4, -0.2) is 25.0 Å². The average Bonchev–Trinajstić information content (AvgIpc) is 3.00. The first-order valence-corrected chi connectivity index (χ1v) is 10.4. The molecule has 0 saturated carbocycles. The summed E-state index contributed by atoms with van der Waals surface area (Å²) >= 11 is 0. The van der Waals surface area contributed by atoms with Gasteiger partial charge in [0.15, 0.2) is 0 Å². The summed E-state index contributed by atoms with van der Waals surface area (Å²) in [6.07, 6.45) is 3.85. The van der Waals surface area contributed by atoms with Gasteiger partial charge in [-0.15, -0.1) is 0 Å². The van der Waals surface area contributed by atoms with E-state index in [2.05, 4.69) is 6.58 Å². The predicted octanol–water partition coefficient (Wildman–Crippen LogP) is 4.24. The van der Waals surface area contributed by atoms with E-state index in [4.69, 9.17) is 4.74 Å². The molecule has 1 heterocycles. The maximum absolute atomic E-state index is 13.2. The van der Waals surface area contributed by atoms with Crippen molar-refractivity contribution in [2.45, 2.75) is 32.1 Å². The number of aromatic nitrogens is 1. The maximum Gasteiger partial charge on any atom is 0.302 e. The highest BCUT2D eigenvalue weighted by Crippen LogP contribution is 2.31. The minimum Gasteiger partial charge on any atom is -0.466 e. The zero-order chi connectivity index (χ0) is 20.5. The van der Waals surface area contributed by atoms with Crippen molar-refractivity contribution >= 4 is 33.0 Å². The van der Waals surface area contributed by atoms with Crippen molar-refractivity contribution < 1.29 is 17.9 Å². The molecule has 0 fully saturated rings. The van der Waals surface area contributed by atoms with Crippen LogP contribution in [0.3, 0.4) is 0 Å². The van der Waals surface area contributed by atoms with Crippen LogP contribution in [0.1, 0.15) is 29.2 Å². The Morgan fingerprint density at radius 1 is 1.14 bits per heavy atom. The van der Waals surface area contributed by atoms with Crippen LogP contribution in [0.2, 0.25) is 0 Å². The molecule has 0 bridgehead atoms. The Kier molecular flexibility index (Phi) is 5.42. The Labute approximate surface area is 165 Å². The van der Waals surface area contributed by atoms with Gasteiger partial charge in [0, 0.05) is 24.9 Å². The van der Waals surface area contributed by atoms with Crippen LogP contribution in [0.15, 0.2) is 54.1 Å². The van der Waals surface area contributed by atoms with Crippen molar-refractivity contribution in [2.75, 3.05) is 6.61 Å². The molecular weight excluding hydrogens is 374 g/mol. The summed E-state index contributed by atoms with van der Waals surface area (Å²) in [5.74, 6) is -0.344. The second kappa shape index (κ2) is 7.64. The van der Waals surface area contributed by atoms with E-state index in [0.29, 0.717) is 11.9 Å². The molecule has 1 aromatic heterocycles. The second-order valence-corrected chi connectivity index (χ2v) is 8.56. The average molecular weight is 397 g/mol.